The predicted octanol–water partition coefficient (Wildman–Crippen LogP) is 0.991. The number of nitrogen functional groups attached to an aromatic ring is 1. The summed E-state index contributed by atoms with van der Waals surface area (Å²) in [5.74, 6) is -1.91. The summed E-state index contributed by atoms with van der Waals surface area (Å²) in [7, 11) is 0. The molecule has 24 heavy (non-hydrogen) atoms. The summed E-state index contributed by atoms with van der Waals surface area (Å²) in [5.41, 5.74) is 6.14. The molecule has 8 heteroatoms. The minimum atomic E-state index is -0.651. The third-order valence-electron chi connectivity index (χ3n) is 3.85. The Kier molecular flexibility index (Phi) is 2.77. The maximum Gasteiger partial charge on any atom is 0.262 e. The van der Waals surface area contributed by atoms with Gasteiger partial charge >= 0.3 is 0 Å². The van der Waals surface area contributed by atoms with Gasteiger partial charge in [-0.25, -0.2) is 4.39 Å². The molecule has 1 aromatic carbocycles. The topological polar surface area (TPSA) is 107 Å². The number of imide groups is 1. The molecule has 2 aromatic heterocycles. The SMILES string of the molecule is Nc1c2c(cc(=O)n1-c1ccc3cc(F)cnc3c1)C(=O)NC2=O. The molecule has 3 aromatic rings. The van der Waals surface area contributed by atoms with E-state index < -0.39 is 23.2 Å². The first-order valence-corrected chi connectivity index (χ1v) is 6.92. The minimum Gasteiger partial charge on any atom is -0.384 e. The summed E-state index contributed by atoms with van der Waals surface area (Å²) < 4.78 is 14.3. The monoisotopic (exact) mass is 324 g/mol. The molecule has 4 rings (SSSR count). The Morgan fingerprint density at radius 3 is 2.67 bits per heavy atom. The zero-order valence-corrected chi connectivity index (χ0v) is 12.0. The Hall–Kier alpha value is -3.55. The molecule has 0 saturated carbocycles. The van der Waals surface area contributed by atoms with Crippen molar-refractivity contribution in [3.8, 4) is 5.69 Å². The number of pyridine rings is 2. The van der Waals surface area contributed by atoms with Crippen LogP contribution in [-0.2, 0) is 0 Å². The number of rotatable bonds is 1. The minimum absolute atomic E-state index is 0.0354. The molecule has 0 unspecified atom stereocenters. The maximum atomic E-state index is 13.2. The van der Waals surface area contributed by atoms with E-state index in [4.69, 9.17) is 5.73 Å². The molecule has 0 saturated heterocycles. The molecule has 0 aliphatic carbocycles. The van der Waals surface area contributed by atoms with Gasteiger partial charge in [0.15, 0.2) is 0 Å². The van der Waals surface area contributed by atoms with Crippen LogP contribution >= 0.6 is 0 Å². The van der Waals surface area contributed by atoms with Gasteiger partial charge in [0.25, 0.3) is 17.4 Å². The van der Waals surface area contributed by atoms with Crippen LogP contribution in [-0.4, -0.2) is 21.4 Å². The third-order valence-corrected chi connectivity index (χ3v) is 3.85. The molecule has 7 nitrogen and oxygen atoms in total. The first-order chi connectivity index (χ1) is 11.5. The van der Waals surface area contributed by atoms with Gasteiger partial charge in [-0.15, -0.1) is 0 Å². The molecule has 0 bridgehead atoms. The van der Waals surface area contributed by atoms with E-state index in [2.05, 4.69) is 10.3 Å². The molecule has 3 N–H and O–H groups in total. The van der Waals surface area contributed by atoms with Crippen molar-refractivity contribution in [3.05, 3.63) is 63.8 Å². The van der Waals surface area contributed by atoms with Crippen LogP contribution in [0.3, 0.4) is 0 Å². The molecule has 2 amide bonds. The van der Waals surface area contributed by atoms with E-state index in [1.165, 1.54) is 6.07 Å². The van der Waals surface area contributed by atoms with Gasteiger partial charge in [0.2, 0.25) is 0 Å². The second-order valence-corrected chi connectivity index (χ2v) is 5.31. The third kappa shape index (κ3) is 1.89. The summed E-state index contributed by atoms with van der Waals surface area (Å²) in [5, 5.41) is 2.66. The number of halogens is 1. The lowest BCUT2D eigenvalue weighted by atomic mass is 10.1. The predicted molar refractivity (Wildman–Crippen MR) is 83.5 cm³/mol. The van der Waals surface area contributed by atoms with Crippen molar-refractivity contribution in [2.45, 2.75) is 0 Å². The number of nitrogens with one attached hydrogen (secondary N) is 1. The molecule has 118 valence electrons. The van der Waals surface area contributed by atoms with Crippen molar-refractivity contribution in [1.82, 2.24) is 14.9 Å². The number of benzene rings is 1. The van der Waals surface area contributed by atoms with Gasteiger partial charge < -0.3 is 5.73 Å². The Bertz CT molecular complexity index is 1120. The van der Waals surface area contributed by atoms with Crippen LogP contribution in [0.15, 0.2) is 41.3 Å². The molecule has 0 radical (unpaired) electrons. The van der Waals surface area contributed by atoms with Crippen molar-refractivity contribution in [1.29, 1.82) is 0 Å². The fourth-order valence-electron chi connectivity index (χ4n) is 2.77. The fourth-order valence-corrected chi connectivity index (χ4v) is 2.77. The van der Waals surface area contributed by atoms with Crippen molar-refractivity contribution < 1.29 is 14.0 Å². The maximum absolute atomic E-state index is 13.2. The van der Waals surface area contributed by atoms with E-state index in [1.807, 2.05) is 0 Å². The average molecular weight is 324 g/mol. The van der Waals surface area contributed by atoms with Crippen LogP contribution in [0.4, 0.5) is 10.2 Å². The second-order valence-electron chi connectivity index (χ2n) is 5.31. The summed E-state index contributed by atoms with van der Waals surface area (Å²) in [4.78, 5) is 39.8. The highest BCUT2D eigenvalue weighted by Gasteiger charge is 2.31. The standard InChI is InChI=1S/C16H9FN4O3/c17-8-3-7-1-2-9(4-11(7)19-6-8)21-12(22)5-10-13(14(21)18)16(24)20-15(10)23/h1-6H,18H2,(H,20,23,24). The summed E-state index contributed by atoms with van der Waals surface area (Å²) in [6, 6.07) is 7.07. The molecule has 1 aliphatic rings. The Morgan fingerprint density at radius 1 is 1.08 bits per heavy atom. The second kappa shape index (κ2) is 4.72. The molecule has 1 aliphatic heterocycles. The number of hydrogen-bond donors (Lipinski definition) is 2. The Labute approximate surface area is 133 Å². The highest BCUT2D eigenvalue weighted by atomic mass is 19.1. The van der Waals surface area contributed by atoms with Crippen LogP contribution < -0.4 is 16.6 Å². The number of carbonyl (C=O) groups is 2. The average Bonchev–Trinajstić information content (AvgIpc) is 2.81. The van der Waals surface area contributed by atoms with Crippen molar-refractivity contribution in [3.63, 3.8) is 0 Å². The van der Waals surface area contributed by atoms with Crippen LogP contribution in [0.2, 0.25) is 0 Å². The van der Waals surface area contributed by atoms with E-state index in [-0.39, 0.29) is 16.9 Å². The van der Waals surface area contributed by atoms with Gasteiger partial charge in [-0.1, -0.05) is 6.07 Å². The molecular weight excluding hydrogens is 315 g/mol. The van der Waals surface area contributed by atoms with Gasteiger partial charge in [-0.3, -0.25) is 29.3 Å². The number of hydrogen-bond acceptors (Lipinski definition) is 5. The lowest BCUT2D eigenvalue weighted by molar-refractivity contribution is 0.0880. The zero-order valence-electron chi connectivity index (χ0n) is 12.0. The summed E-state index contributed by atoms with van der Waals surface area (Å²) in [6.45, 7) is 0. The number of amides is 2. The largest absolute Gasteiger partial charge is 0.384 e. The Balaban J connectivity index is 1.99. The molecule has 0 fully saturated rings. The van der Waals surface area contributed by atoms with Gasteiger partial charge in [-0.05, 0) is 18.2 Å². The number of nitrogens with two attached hydrogens (primary N) is 1. The fraction of sp³-hybridized carbons (Fsp3) is 0. The molecule has 0 atom stereocenters. The summed E-state index contributed by atoms with van der Waals surface area (Å²) >= 11 is 0. The van der Waals surface area contributed by atoms with Crippen LogP contribution in [0.25, 0.3) is 16.6 Å². The first-order valence-electron chi connectivity index (χ1n) is 6.92. The molecular formula is C16H9FN4O3. The number of fused-ring (bicyclic) bond motifs is 2. The van der Waals surface area contributed by atoms with Crippen molar-refractivity contribution in [2.75, 3.05) is 5.73 Å². The molecule has 0 spiro atoms. The van der Waals surface area contributed by atoms with Crippen LogP contribution in [0, 0.1) is 5.82 Å². The number of anilines is 1. The molecule has 3 heterocycles. The lowest BCUT2D eigenvalue weighted by Gasteiger charge is -2.12. The Morgan fingerprint density at radius 2 is 1.88 bits per heavy atom. The van der Waals surface area contributed by atoms with E-state index in [9.17, 15) is 18.8 Å². The van der Waals surface area contributed by atoms with E-state index in [1.54, 1.807) is 18.2 Å². The zero-order chi connectivity index (χ0) is 17.0. The highest BCUT2D eigenvalue weighted by molar-refractivity contribution is 6.23. The summed E-state index contributed by atoms with van der Waals surface area (Å²) in [6.07, 6.45) is 1.06. The first kappa shape index (κ1) is 14.1. The normalized spacial score (nSPS) is 13.2. The van der Waals surface area contributed by atoms with Crippen molar-refractivity contribution >= 4 is 28.5 Å². The van der Waals surface area contributed by atoms with E-state index >= 15 is 0 Å². The van der Waals surface area contributed by atoms with Crippen LogP contribution in [0.1, 0.15) is 20.7 Å². The van der Waals surface area contributed by atoms with Crippen molar-refractivity contribution in [2.24, 2.45) is 0 Å². The lowest BCUT2D eigenvalue weighted by Crippen LogP contribution is -2.24. The van der Waals surface area contributed by atoms with Crippen LogP contribution in [0.5, 0.6) is 0 Å². The van der Waals surface area contributed by atoms with E-state index in [0.717, 1.165) is 16.8 Å². The highest BCUT2D eigenvalue weighted by Crippen LogP contribution is 2.24. The van der Waals surface area contributed by atoms with E-state index in [0.29, 0.717) is 16.6 Å². The quantitative estimate of drug-likeness (QED) is 0.649. The van der Waals surface area contributed by atoms with Gasteiger partial charge in [0, 0.05) is 11.5 Å². The number of aromatic nitrogens is 2. The van der Waals surface area contributed by atoms with Gasteiger partial charge in [-0.2, -0.15) is 0 Å². The smallest absolute Gasteiger partial charge is 0.262 e. The number of carbonyl (C=O) groups excluding carboxylic acids is 2. The number of nitrogens with zero attached hydrogens (tertiary/aromatic N) is 2. The van der Waals surface area contributed by atoms with Gasteiger partial charge in [0.1, 0.15) is 11.6 Å². The van der Waals surface area contributed by atoms with Gasteiger partial charge in [0.05, 0.1) is 28.5 Å².